The van der Waals surface area contributed by atoms with Gasteiger partial charge in [-0.25, -0.2) is 4.98 Å². The lowest BCUT2D eigenvalue weighted by molar-refractivity contribution is -0.118. The second kappa shape index (κ2) is 5.61. The highest BCUT2D eigenvalue weighted by molar-refractivity contribution is 9.10. The van der Waals surface area contributed by atoms with Gasteiger partial charge in [0.05, 0.1) is 23.3 Å². The third-order valence-corrected chi connectivity index (χ3v) is 4.83. The zero-order valence-electron chi connectivity index (χ0n) is 13.4. The standard InChI is InChI=1S/C18H18BrN3O/c1-10-11(9-20)16(12-5-4-6-15(19)22-12)17-13(21-10)7-18(2,3)8-14(17)23/h4-6,16,21H,7-8H2,1-3H3. The molecule has 1 unspecified atom stereocenters. The molecule has 0 aromatic carbocycles. The summed E-state index contributed by atoms with van der Waals surface area (Å²) < 4.78 is 0.703. The van der Waals surface area contributed by atoms with Crippen LogP contribution in [0.25, 0.3) is 0 Å². The summed E-state index contributed by atoms with van der Waals surface area (Å²) in [6, 6.07) is 7.88. The Kier molecular flexibility index (Phi) is 3.89. The van der Waals surface area contributed by atoms with Gasteiger partial charge in [0, 0.05) is 23.4 Å². The molecule has 1 aromatic rings. The molecule has 1 aliphatic heterocycles. The Hall–Kier alpha value is -1.93. The maximum absolute atomic E-state index is 12.8. The van der Waals surface area contributed by atoms with Gasteiger partial charge in [-0.2, -0.15) is 5.26 Å². The second-order valence-corrected chi connectivity index (χ2v) is 7.74. The monoisotopic (exact) mass is 371 g/mol. The van der Waals surface area contributed by atoms with E-state index in [0.717, 1.165) is 23.5 Å². The number of nitrogens with one attached hydrogen (secondary N) is 1. The Morgan fingerprint density at radius 2 is 2.13 bits per heavy atom. The van der Waals surface area contributed by atoms with E-state index in [1.54, 1.807) is 0 Å². The van der Waals surface area contributed by atoms with Gasteiger partial charge < -0.3 is 5.32 Å². The van der Waals surface area contributed by atoms with Gasteiger partial charge in [0.1, 0.15) is 4.60 Å². The van der Waals surface area contributed by atoms with Crippen LogP contribution < -0.4 is 5.32 Å². The highest BCUT2D eigenvalue weighted by atomic mass is 79.9. The smallest absolute Gasteiger partial charge is 0.162 e. The fourth-order valence-corrected chi connectivity index (χ4v) is 3.82. The molecule has 2 heterocycles. The van der Waals surface area contributed by atoms with Crippen LogP contribution >= 0.6 is 15.9 Å². The van der Waals surface area contributed by atoms with Gasteiger partial charge in [-0.1, -0.05) is 19.9 Å². The molecule has 0 fully saturated rings. The van der Waals surface area contributed by atoms with Crippen molar-refractivity contribution in [2.75, 3.05) is 0 Å². The highest BCUT2D eigenvalue weighted by Crippen LogP contribution is 2.45. The van der Waals surface area contributed by atoms with E-state index < -0.39 is 0 Å². The number of nitriles is 1. The summed E-state index contributed by atoms with van der Waals surface area (Å²) in [5.41, 5.74) is 3.69. The summed E-state index contributed by atoms with van der Waals surface area (Å²) in [4.78, 5) is 17.3. The first-order chi connectivity index (χ1) is 10.8. The number of allylic oxidation sites excluding steroid dienone is 4. The molecule has 1 aromatic heterocycles. The minimum Gasteiger partial charge on any atom is -0.361 e. The van der Waals surface area contributed by atoms with Gasteiger partial charge in [-0.15, -0.1) is 0 Å². The third-order valence-electron chi connectivity index (χ3n) is 4.39. The Morgan fingerprint density at radius 3 is 2.78 bits per heavy atom. The van der Waals surface area contributed by atoms with Crippen LogP contribution in [-0.2, 0) is 4.79 Å². The molecule has 1 aliphatic carbocycles. The number of carbonyl (C=O) groups is 1. The van der Waals surface area contributed by atoms with Crippen LogP contribution in [-0.4, -0.2) is 10.8 Å². The summed E-state index contributed by atoms with van der Waals surface area (Å²) in [7, 11) is 0. The number of halogens is 1. The molecule has 0 saturated heterocycles. The molecule has 3 rings (SSSR count). The topological polar surface area (TPSA) is 65.8 Å². The average molecular weight is 372 g/mol. The molecule has 1 N–H and O–H groups in total. The number of rotatable bonds is 1. The second-order valence-electron chi connectivity index (χ2n) is 6.93. The highest BCUT2D eigenvalue weighted by Gasteiger charge is 2.41. The summed E-state index contributed by atoms with van der Waals surface area (Å²) in [6.07, 6.45) is 1.30. The number of dihydropyridines is 1. The van der Waals surface area contributed by atoms with Crippen LogP contribution in [0, 0.1) is 16.7 Å². The van der Waals surface area contributed by atoms with E-state index in [0.29, 0.717) is 22.2 Å². The van der Waals surface area contributed by atoms with E-state index in [2.05, 4.69) is 46.1 Å². The molecule has 118 valence electrons. The fraction of sp³-hybridized carbons (Fsp3) is 0.389. The van der Waals surface area contributed by atoms with Crippen LogP contribution in [0.15, 0.2) is 45.3 Å². The van der Waals surface area contributed by atoms with E-state index in [-0.39, 0.29) is 17.1 Å². The van der Waals surface area contributed by atoms with Crippen molar-refractivity contribution in [3.8, 4) is 6.07 Å². The first-order valence-corrected chi connectivity index (χ1v) is 8.38. The van der Waals surface area contributed by atoms with Crippen molar-refractivity contribution >= 4 is 21.7 Å². The molecule has 0 radical (unpaired) electrons. The van der Waals surface area contributed by atoms with Gasteiger partial charge >= 0.3 is 0 Å². The Balaban J connectivity index is 2.19. The van der Waals surface area contributed by atoms with E-state index in [9.17, 15) is 10.1 Å². The molecule has 0 amide bonds. The minimum atomic E-state index is -0.377. The number of nitrogens with zero attached hydrogens (tertiary/aromatic N) is 2. The third kappa shape index (κ3) is 2.84. The van der Waals surface area contributed by atoms with Crippen molar-refractivity contribution in [1.29, 1.82) is 5.26 Å². The predicted octanol–water partition coefficient (Wildman–Crippen LogP) is 3.97. The SMILES string of the molecule is CC1=C(C#N)C(c2cccc(Br)n2)C2=C(CC(C)(C)CC2=O)N1. The van der Waals surface area contributed by atoms with Crippen molar-refractivity contribution < 1.29 is 4.79 Å². The lowest BCUT2D eigenvalue weighted by atomic mass is 9.69. The van der Waals surface area contributed by atoms with Gasteiger partial charge in [-0.05, 0) is 46.8 Å². The quantitative estimate of drug-likeness (QED) is 0.758. The van der Waals surface area contributed by atoms with Gasteiger partial charge in [0.15, 0.2) is 5.78 Å². The summed E-state index contributed by atoms with van der Waals surface area (Å²) in [5.74, 6) is -0.270. The molecule has 2 aliphatic rings. The first-order valence-electron chi connectivity index (χ1n) is 7.59. The number of hydrogen-bond donors (Lipinski definition) is 1. The largest absolute Gasteiger partial charge is 0.361 e. The molecule has 0 bridgehead atoms. The fourth-order valence-electron chi connectivity index (χ4n) is 3.46. The summed E-state index contributed by atoms with van der Waals surface area (Å²) in [6.45, 7) is 6.09. The van der Waals surface area contributed by atoms with Crippen molar-refractivity contribution in [3.63, 3.8) is 0 Å². The van der Waals surface area contributed by atoms with E-state index in [1.165, 1.54) is 0 Å². The van der Waals surface area contributed by atoms with Gasteiger partial charge in [0.25, 0.3) is 0 Å². The molecule has 5 heteroatoms. The maximum atomic E-state index is 12.8. The van der Waals surface area contributed by atoms with Crippen molar-refractivity contribution in [2.45, 2.75) is 39.5 Å². The van der Waals surface area contributed by atoms with Crippen LogP contribution in [0.3, 0.4) is 0 Å². The number of Topliss-reactive ketones (excluding diaryl/α,β-unsaturated/α-hetero) is 1. The Bertz CT molecular complexity index is 799. The summed E-state index contributed by atoms with van der Waals surface area (Å²) in [5, 5.41) is 12.9. The number of ketones is 1. The zero-order chi connectivity index (χ0) is 16.8. The average Bonchev–Trinajstić information content (AvgIpc) is 2.44. The van der Waals surface area contributed by atoms with Crippen molar-refractivity contribution in [1.82, 2.24) is 10.3 Å². The molecular weight excluding hydrogens is 354 g/mol. The first kappa shape index (κ1) is 15.9. The Morgan fingerprint density at radius 1 is 1.39 bits per heavy atom. The van der Waals surface area contributed by atoms with Crippen molar-refractivity contribution in [2.24, 2.45) is 5.41 Å². The lowest BCUT2D eigenvalue weighted by Crippen LogP contribution is -2.37. The molecular formula is C18H18BrN3O. The number of hydrogen-bond acceptors (Lipinski definition) is 4. The van der Waals surface area contributed by atoms with E-state index >= 15 is 0 Å². The molecule has 1 atom stereocenters. The van der Waals surface area contributed by atoms with E-state index in [1.807, 2.05) is 25.1 Å². The maximum Gasteiger partial charge on any atom is 0.162 e. The van der Waals surface area contributed by atoms with Crippen LogP contribution in [0.5, 0.6) is 0 Å². The van der Waals surface area contributed by atoms with Crippen LogP contribution in [0.1, 0.15) is 45.2 Å². The van der Waals surface area contributed by atoms with Crippen molar-refractivity contribution in [3.05, 3.63) is 51.0 Å². The lowest BCUT2D eigenvalue weighted by Gasteiger charge is -2.38. The molecule has 0 spiro atoms. The number of aromatic nitrogens is 1. The van der Waals surface area contributed by atoms with Gasteiger partial charge in [-0.3, -0.25) is 4.79 Å². The van der Waals surface area contributed by atoms with Crippen LogP contribution in [0.2, 0.25) is 0 Å². The van der Waals surface area contributed by atoms with Gasteiger partial charge in [0.2, 0.25) is 0 Å². The molecule has 0 saturated carbocycles. The Labute approximate surface area is 144 Å². The molecule has 23 heavy (non-hydrogen) atoms. The summed E-state index contributed by atoms with van der Waals surface area (Å²) >= 11 is 3.38. The van der Waals surface area contributed by atoms with Crippen LogP contribution in [0.4, 0.5) is 0 Å². The minimum absolute atomic E-state index is 0.0669. The normalized spacial score (nSPS) is 23.3. The molecule has 4 nitrogen and oxygen atoms in total. The predicted molar refractivity (Wildman–Crippen MR) is 91.2 cm³/mol. The van der Waals surface area contributed by atoms with E-state index in [4.69, 9.17) is 0 Å². The number of pyridine rings is 1. The zero-order valence-corrected chi connectivity index (χ0v) is 15.0. The number of carbonyl (C=O) groups excluding carboxylic acids is 1.